The van der Waals surface area contributed by atoms with Crippen LogP contribution in [-0.2, 0) is 10.0 Å². The number of amides is 1. The van der Waals surface area contributed by atoms with Crippen LogP contribution in [0, 0.1) is 13.8 Å². The number of aryl methyl sites for hydroxylation is 2. The Kier molecular flexibility index (Phi) is 5.53. The summed E-state index contributed by atoms with van der Waals surface area (Å²) in [6, 6.07) is 11.6. The summed E-state index contributed by atoms with van der Waals surface area (Å²) in [6.45, 7) is 4.65. The van der Waals surface area contributed by atoms with Gasteiger partial charge in [-0.2, -0.15) is 0 Å². The van der Waals surface area contributed by atoms with E-state index in [1.165, 1.54) is 12.1 Å². The molecule has 1 aliphatic heterocycles. The first-order valence-corrected chi connectivity index (χ1v) is 10.4. The Morgan fingerprint density at radius 1 is 1.07 bits per heavy atom. The topological polar surface area (TPSA) is 86.7 Å². The summed E-state index contributed by atoms with van der Waals surface area (Å²) in [4.78, 5) is 14.5. The van der Waals surface area contributed by atoms with Crippen LogP contribution in [0.25, 0.3) is 0 Å². The molecular weight excluding hydrogens is 364 g/mol. The second kappa shape index (κ2) is 7.70. The quantitative estimate of drug-likeness (QED) is 0.843. The van der Waals surface area contributed by atoms with Crippen molar-refractivity contribution in [3.63, 3.8) is 0 Å². The van der Waals surface area contributed by atoms with Gasteiger partial charge in [0.1, 0.15) is 0 Å². The minimum atomic E-state index is -3.80. The molecule has 144 valence electrons. The number of nitrogens with one attached hydrogen (secondary N) is 1. The maximum absolute atomic E-state index is 12.8. The first-order chi connectivity index (χ1) is 12.8. The molecule has 2 N–H and O–H groups in total. The monoisotopic (exact) mass is 388 g/mol. The third kappa shape index (κ3) is 4.48. The Labute approximate surface area is 159 Å². The molecule has 1 fully saturated rings. The third-order valence-electron chi connectivity index (χ3n) is 4.81. The lowest BCUT2D eigenvalue weighted by molar-refractivity contribution is 0.0545. The summed E-state index contributed by atoms with van der Waals surface area (Å²) >= 11 is 0. The largest absolute Gasteiger partial charge is 0.393 e. The van der Waals surface area contributed by atoms with Gasteiger partial charge in [0.05, 0.1) is 11.0 Å². The summed E-state index contributed by atoms with van der Waals surface area (Å²) < 4.78 is 28.0. The van der Waals surface area contributed by atoms with Gasteiger partial charge in [0.2, 0.25) is 0 Å². The molecule has 0 unspecified atom stereocenters. The molecule has 1 saturated heterocycles. The molecule has 2 aromatic carbocycles. The molecule has 0 aliphatic carbocycles. The summed E-state index contributed by atoms with van der Waals surface area (Å²) in [5.74, 6) is -0.202. The van der Waals surface area contributed by atoms with Crippen molar-refractivity contribution in [3.05, 3.63) is 59.2 Å². The molecule has 0 radical (unpaired) electrons. The molecular formula is C20H24N2O4S. The minimum absolute atomic E-state index is 0.0501. The smallest absolute Gasteiger partial charge is 0.261 e. The highest BCUT2D eigenvalue weighted by molar-refractivity contribution is 7.92. The summed E-state index contributed by atoms with van der Waals surface area (Å²) in [5.41, 5.74) is 2.60. The number of carbonyl (C=O) groups is 1. The molecule has 0 spiro atoms. The fourth-order valence-electron chi connectivity index (χ4n) is 3.07. The number of sulfonamides is 1. The average Bonchev–Trinajstić information content (AvgIpc) is 2.64. The molecule has 3 rings (SSSR count). The predicted octanol–water partition coefficient (Wildman–Crippen LogP) is 2.70. The average molecular weight is 388 g/mol. The van der Waals surface area contributed by atoms with Crippen molar-refractivity contribution in [3.8, 4) is 0 Å². The summed E-state index contributed by atoms with van der Waals surface area (Å²) in [5, 5.41) is 9.62. The zero-order chi connectivity index (χ0) is 19.6. The molecule has 1 aliphatic rings. The number of piperidine rings is 1. The molecule has 0 aromatic heterocycles. The summed E-state index contributed by atoms with van der Waals surface area (Å²) in [7, 11) is -3.80. The third-order valence-corrected chi connectivity index (χ3v) is 6.18. The van der Waals surface area contributed by atoms with Gasteiger partial charge in [-0.25, -0.2) is 8.42 Å². The standard InChI is InChI=1S/C20H24N2O4S/c1-14-3-6-16(7-4-14)21-27(25,26)18-8-5-15(2)19(13-18)20(24)22-11-9-17(23)10-12-22/h3-8,13,17,21,23H,9-12H2,1-2H3. The zero-order valence-electron chi connectivity index (χ0n) is 15.5. The van der Waals surface area contributed by atoms with Gasteiger partial charge in [0, 0.05) is 24.3 Å². The van der Waals surface area contributed by atoms with Crippen LogP contribution in [0.3, 0.4) is 0 Å². The van der Waals surface area contributed by atoms with Gasteiger partial charge < -0.3 is 10.0 Å². The van der Waals surface area contributed by atoms with Crippen molar-refractivity contribution >= 4 is 21.6 Å². The number of aliphatic hydroxyl groups excluding tert-OH is 1. The molecule has 1 amide bonds. The Morgan fingerprint density at radius 3 is 2.33 bits per heavy atom. The van der Waals surface area contributed by atoms with Crippen LogP contribution in [0.15, 0.2) is 47.4 Å². The molecule has 0 saturated carbocycles. The fraction of sp³-hybridized carbons (Fsp3) is 0.350. The van der Waals surface area contributed by atoms with Crippen LogP contribution in [0.1, 0.15) is 34.3 Å². The van der Waals surface area contributed by atoms with Gasteiger partial charge in [0.25, 0.3) is 15.9 Å². The number of carbonyl (C=O) groups excluding carboxylic acids is 1. The van der Waals surface area contributed by atoms with Gasteiger partial charge in [-0.15, -0.1) is 0 Å². The van der Waals surface area contributed by atoms with Crippen molar-refractivity contribution in [2.75, 3.05) is 17.8 Å². The molecule has 0 atom stereocenters. The van der Waals surface area contributed by atoms with E-state index in [4.69, 9.17) is 0 Å². The number of hydrogen-bond acceptors (Lipinski definition) is 4. The van der Waals surface area contributed by atoms with E-state index in [0.717, 1.165) is 11.1 Å². The van der Waals surface area contributed by atoms with Gasteiger partial charge in [-0.1, -0.05) is 23.8 Å². The first-order valence-electron chi connectivity index (χ1n) is 8.94. The number of nitrogens with zero attached hydrogens (tertiary/aromatic N) is 1. The SMILES string of the molecule is Cc1ccc(NS(=O)(=O)c2ccc(C)c(C(=O)N3CCC(O)CC3)c2)cc1. The Morgan fingerprint density at radius 2 is 1.70 bits per heavy atom. The van der Waals surface area contributed by atoms with E-state index in [1.54, 1.807) is 30.0 Å². The molecule has 0 bridgehead atoms. The number of anilines is 1. The predicted molar refractivity (Wildman–Crippen MR) is 104 cm³/mol. The van der Waals surface area contributed by atoms with E-state index in [9.17, 15) is 18.3 Å². The van der Waals surface area contributed by atoms with E-state index in [0.29, 0.717) is 37.2 Å². The lowest BCUT2D eigenvalue weighted by Gasteiger charge is -2.30. The second-order valence-electron chi connectivity index (χ2n) is 6.97. The van der Waals surface area contributed by atoms with E-state index < -0.39 is 10.0 Å². The highest BCUT2D eigenvalue weighted by Crippen LogP contribution is 2.22. The van der Waals surface area contributed by atoms with Crippen molar-refractivity contribution in [1.29, 1.82) is 0 Å². The number of rotatable bonds is 4. The lowest BCUT2D eigenvalue weighted by atomic mass is 10.0. The van der Waals surface area contributed by atoms with E-state index in [-0.39, 0.29) is 16.9 Å². The Balaban J connectivity index is 1.85. The first kappa shape index (κ1) is 19.4. The van der Waals surface area contributed by atoms with E-state index >= 15 is 0 Å². The lowest BCUT2D eigenvalue weighted by Crippen LogP contribution is -2.40. The van der Waals surface area contributed by atoms with Crippen LogP contribution >= 0.6 is 0 Å². The van der Waals surface area contributed by atoms with Crippen LogP contribution in [0.2, 0.25) is 0 Å². The van der Waals surface area contributed by atoms with Gasteiger partial charge in [-0.3, -0.25) is 9.52 Å². The number of benzene rings is 2. The summed E-state index contributed by atoms with van der Waals surface area (Å²) in [6.07, 6.45) is 0.704. The highest BCUT2D eigenvalue weighted by atomic mass is 32.2. The number of hydrogen-bond donors (Lipinski definition) is 2. The van der Waals surface area contributed by atoms with Crippen molar-refractivity contribution in [2.24, 2.45) is 0 Å². The molecule has 6 nitrogen and oxygen atoms in total. The molecule has 2 aromatic rings. The minimum Gasteiger partial charge on any atom is -0.393 e. The van der Waals surface area contributed by atoms with Crippen molar-refractivity contribution in [1.82, 2.24) is 4.90 Å². The molecule has 7 heteroatoms. The Bertz CT molecular complexity index is 931. The van der Waals surface area contributed by atoms with Gasteiger partial charge >= 0.3 is 0 Å². The Hall–Kier alpha value is -2.38. The number of likely N-dealkylation sites (tertiary alicyclic amines) is 1. The van der Waals surface area contributed by atoms with Crippen LogP contribution in [0.4, 0.5) is 5.69 Å². The van der Waals surface area contributed by atoms with Crippen LogP contribution in [-0.4, -0.2) is 43.5 Å². The maximum atomic E-state index is 12.8. The zero-order valence-corrected chi connectivity index (χ0v) is 16.3. The van der Waals surface area contributed by atoms with Crippen LogP contribution < -0.4 is 4.72 Å². The van der Waals surface area contributed by atoms with Gasteiger partial charge in [0.15, 0.2) is 0 Å². The fourth-order valence-corrected chi connectivity index (χ4v) is 4.16. The second-order valence-corrected chi connectivity index (χ2v) is 8.65. The van der Waals surface area contributed by atoms with Gasteiger partial charge in [-0.05, 0) is 56.5 Å². The normalized spacial score (nSPS) is 15.6. The van der Waals surface area contributed by atoms with E-state index in [2.05, 4.69) is 4.72 Å². The van der Waals surface area contributed by atoms with Crippen LogP contribution in [0.5, 0.6) is 0 Å². The number of aliphatic hydroxyl groups is 1. The van der Waals surface area contributed by atoms with E-state index in [1.807, 2.05) is 19.1 Å². The highest BCUT2D eigenvalue weighted by Gasteiger charge is 2.25. The maximum Gasteiger partial charge on any atom is 0.261 e. The van der Waals surface area contributed by atoms with Crippen molar-refractivity contribution in [2.45, 2.75) is 37.7 Å². The molecule has 1 heterocycles. The van der Waals surface area contributed by atoms with Crippen molar-refractivity contribution < 1.29 is 18.3 Å². The molecule has 27 heavy (non-hydrogen) atoms.